The van der Waals surface area contributed by atoms with Crippen LogP contribution in [0.4, 0.5) is 0 Å². The van der Waals surface area contributed by atoms with Gasteiger partial charge in [-0.1, -0.05) is 0 Å². The molecule has 27 heavy (non-hydrogen) atoms. The molecule has 3 rings (SSSR count). The number of carbonyl (C=O) groups is 2. The molecule has 1 aliphatic carbocycles. The van der Waals surface area contributed by atoms with E-state index < -0.39 is 15.8 Å². The number of carboxylic acids is 1. The van der Waals surface area contributed by atoms with Crippen LogP contribution in [0.2, 0.25) is 0 Å². The van der Waals surface area contributed by atoms with E-state index in [-0.39, 0.29) is 22.1 Å². The van der Waals surface area contributed by atoms with Crippen molar-refractivity contribution in [2.45, 2.75) is 37.0 Å². The molecule has 1 unspecified atom stereocenters. The number of ether oxygens (including phenoxy) is 1. The van der Waals surface area contributed by atoms with Gasteiger partial charge in [-0.2, -0.15) is 0 Å². The minimum Gasteiger partial charge on any atom is -0.494 e. The lowest BCUT2D eigenvalue weighted by atomic mass is 9.90. The summed E-state index contributed by atoms with van der Waals surface area (Å²) in [5.74, 6) is -0.287. The van der Waals surface area contributed by atoms with Crippen molar-refractivity contribution >= 4 is 21.7 Å². The van der Waals surface area contributed by atoms with Gasteiger partial charge in [0.25, 0.3) is 0 Å². The summed E-state index contributed by atoms with van der Waals surface area (Å²) in [7, 11) is -3.22. The van der Waals surface area contributed by atoms with Crippen LogP contribution in [-0.2, 0) is 19.4 Å². The number of aliphatic carboxylic acids is 1. The van der Waals surface area contributed by atoms with Crippen LogP contribution >= 0.6 is 0 Å². The molecule has 1 saturated heterocycles. The Morgan fingerprint density at radius 2 is 1.85 bits per heavy atom. The number of carboxylic acid groups (broad SMARTS) is 1. The van der Waals surface area contributed by atoms with Crippen LogP contribution < -0.4 is 4.74 Å². The summed E-state index contributed by atoms with van der Waals surface area (Å²) in [6.45, 7) is 1.65. The first-order chi connectivity index (χ1) is 12.7. The van der Waals surface area contributed by atoms with Crippen molar-refractivity contribution in [3.8, 4) is 5.75 Å². The van der Waals surface area contributed by atoms with E-state index in [0.717, 1.165) is 25.5 Å². The predicted molar refractivity (Wildman–Crippen MR) is 98.3 cm³/mol. The highest BCUT2D eigenvalue weighted by Gasteiger charge is 2.59. The second-order valence-corrected chi connectivity index (χ2v) is 9.55. The maximum atomic E-state index is 12.3. The summed E-state index contributed by atoms with van der Waals surface area (Å²) in [5, 5.41) is 9.11. The highest BCUT2D eigenvalue weighted by atomic mass is 32.2. The number of hydrogen-bond donors (Lipinski definition) is 1. The number of rotatable bonds is 7. The predicted octanol–water partition coefficient (Wildman–Crippen LogP) is 1.96. The Morgan fingerprint density at radius 1 is 1.22 bits per heavy atom. The van der Waals surface area contributed by atoms with E-state index in [1.54, 1.807) is 12.1 Å². The lowest BCUT2D eigenvalue weighted by Crippen LogP contribution is -2.40. The third-order valence-corrected chi connectivity index (χ3v) is 6.78. The molecule has 7 nitrogen and oxygen atoms in total. The zero-order valence-electron chi connectivity index (χ0n) is 15.4. The molecule has 0 bridgehead atoms. The first-order valence-corrected chi connectivity index (χ1v) is 11.0. The molecule has 0 aromatic heterocycles. The molecular weight excluding hydrogens is 370 g/mol. The number of carbonyl (C=O) groups excluding carboxylic acids is 1. The fourth-order valence-electron chi connectivity index (χ4n) is 3.81. The van der Waals surface area contributed by atoms with Crippen LogP contribution in [-0.4, -0.2) is 56.3 Å². The topological polar surface area (TPSA) is 101 Å². The molecule has 2 aliphatic rings. The van der Waals surface area contributed by atoms with Gasteiger partial charge in [-0.15, -0.1) is 0 Å². The van der Waals surface area contributed by atoms with Crippen molar-refractivity contribution in [1.82, 2.24) is 4.90 Å². The van der Waals surface area contributed by atoms with Gasteiger partial charge in [0.2, 0.25) is 5.91 Å². The monoisotopic (exact) mass is 395 g/mol. The Bertz CT molecular complexity index is 809. The van der Waals surface area contributed by atoms with Crippen LogP contribution in [0.15, 0.2) is 29.2 Å². The SMILES string of the molecule is CS(=O)(=O)c1ccc(OCCCC(=O)N2CCC3(CC2)CC3C(=O)O)cc1. The van der Waals surface area contributed by atoms with Gasteiger partial charge in [-0.25, -0.2) is 8.42 Å². The number of piperidine rings is 1. The summed E-state index contributed by atoms with van der Waals surface area (Å²) in [6, 6.07) is 6.22. The van der Waals surface area contributed by atoms with Gasteiger partial charge in [0.05, 0.1) is 17.4 Å². The van der Waals surface area contributed by atoms with Gasteiger partial charge in [0, 0.05) is 25.8 Å². The molecule has 1 aromatic carbocycles. The average molecular weight is 395 g/mol. The molecule has 1 atom stereocenters. The number of nitrogens with zero attached hydrogens (tertiary/aromatic N) is 1. The van der Waals surface area contributed by atoms with Gasteiger partial charge in [-0.3, -0.25) is 9.59 Å². The summed E-state index contributed by atoms with van der Waals surface area (Å²) in [6.07, 6.45) is 4.42. The van der Waals surface area contributed by atoms with E-state index in [1.165, 1.54) is 12.1 Å². The fraction of sp³-hybridized carbons (Fsp3) is 0.579. The Labute approximate surface area is 159 Å². The van der Waals surface area contributed by atoms with Crippen LogP contribution in [0.3, 0.4) is 0 Å². The van der Waals surface area contributed by atoms with Crippen LogP contribution in [0.5, 0.6) is 5.75 Å². The minimum absolute atomic E-state index is 0.0656. The van der Waals surface area contributed by atoms with Crippen LogP contribution in [0.1, 0.15) is 32.1 Å². The van der Waals surface area contributed by atoms with E-state index in [2.05, 4.69) is 0 Å². The number of amides is 1. The van der Waals surface area contributed by atoms with E-state index in [4.69, 9.17) is 9.84 Å². The number of likely N-dealkylation sites (tertiary alicyclic amines) is 1. The van der Waals surface area contributed by atoms with E-state index >= 15 is 0 Å². The van der Waals surface area contributed by atoms with Crippen molar-refractivity contribution in [3.63, 3.8) is 0 Å². The summed E-state index contributed by atoms with van der Waals surface area (Å²) < 4.78 is 28.4. The summed E-state index contributed by atoms with van der Waals surface area (Å²) in [5.41, 5.74) is -0.0656. The van der Waals surface area contributed by atoms with Crippen LogP contribution in [0.25, 0.3) is 0 Å². The smallest absolute Gasteiger partial charge is 0.307 e. The summed E-state index contributed by atoms with van der Waals surface area (Å²) in [4.78, 5) is 25.5. The van der Waals surface area contributed by atoms with E-state index in [0.29, 0.717) is 38.3 Å². The quantitative estimate of drug-likeness (QED) is 0.709. The molecule has 148 valence electrons. The number of benzene rings is 1. The average Bonchev–Trinajstić information content (AvgIpc) is 3.32. The highest BCUT2D eigenvalue weighted by molar-refractivity contribution is 7.90. The normalized spacial score (nSPS) is 21.1. The lowest BCUT2D eigenvalue weighted by Gasteiger charge is -2.32. The van der Waals surface area contributed by atoms with Gasteiger partial charge in [-0.05, 0) is 55.4 Å². The van der Waals surface area contributed by atoms with Gasteiger partial charge >= 0.3 is 5.97 Å². The van der Waals surface area contributed by atoms with Crippen molar-refractivity contribution in [2.75, 3.05) is 26.0 Å². The molecule has 2 fully saturated rings. The Hall–Kier alpha value is -2.09. The molecule has 1 aliphatic heterocycles. The molecule has 1 N–H and O–H groups in total. The molecule has 0 radical (unpaired) electrons. The van der Waals surface area contributed by atoms with Crippen molar-refractivity contribution in [1.29, 1.82) is 0 Å². The molecule has 1 heterocycles. The molecule has 1 aromatic rings. The van der Waals surface area contributed by atoms with Crippen molar-refractivity contribution in [2.24, 2.45) is 11.3 Å². The standard InChI is InChI=1S/C19H25NO6S/c1-27(24,25)15-6-4-14(5-7-15)26-12-2-3-17(21)20-10-8-19(9-11-20)13-16(19)18(22)23/h4-7,16H,2-3,8-13H2,1H3,(H,22,23). The van der Waals surface area contributed by atoms with Gasteiger partial charge < -0.3 is 14.7 Å². The first kappa shape index (κ1) is 19.7. The van der Waals surface area contributed by atoms with Gasteiger partial charge in [0.15, 0.2) is 9.84 Å². The summed E-state index contributed by atoms with van der Waals surface area (Å²) >= 11 is 0. The van der Waals surface area contributed by atoms with E-state index in [9.17, 15) is 18.0 Å². The maximum absolute atomic E-state index is 12.3. The molecule has 8 heteroatoms. The van der Waals surface area contributed by atoms with E-state index in [1.807, 2.05) is 4.90 Å². The van der Waals surface area contributed by atoms with Crippen molar-refractivity contribution in [3.05, 3.63) is 24.3 Å². The third-order valence-electron chi connectivity index (χ3n) is 5.66. The molecule has 1 saturated carbocycles. The second-order valence-electron chi connectivity index (χ2n) is 7.53. The Morgan fingerprint density at radius 3 is 2.37 bits per heavy atom. The second kappa shape index (κ2) is 7.50. The maximum Gasteiger partial charge on any atom is 0.307 e. The molecular formula is C19H25NO6S. The zero-order chi connectivity index (χ0) is 19.7. The number of sulfone groups is 1. The minimum atomic E-state index is -3.22. The van der Waals surface area contributed by atoms with Crippen molar-refractivity contribution < 1.29 is 27.9 Å². The highest BCUT2D eigenvalue weighted by Crippen LogP contribution is 2.59. The Balaban J connectivity index is 1.36. The third kappa shape index (κ3) is 4.61. The zero-order valence-corrected chi connectivity index (χ0v) is 16.2. The van der Waals surface area contributed by atoms with Crippen LogP contribution in [0, 0.1) is 11.3 Å². The fourth-order valence-corrected chi connectivity index (χ4v) is 4.44. The van der Waals surface area contributed by atoms with Gasteiger partial charge in [0.1, 0.15) is 5.75 Å². The largest absolute Gasteiger partial charge is 0.494 e. The first-order valence-electron chi connectivity index (χ1n) is 9.15. The molecule has 1 amide bonds. The molecule has 1 spiro atoms. The number of hydrogen-bond acceptors (Lipinski definition) is 5. The Kier molecular flexibility index (Phi) is 5.46. The lowest BCUT2D eigenvalue weighted by molar-refractivity contribution is -0.139.